The quantitative estimate of drug-likeness (QED) is 0.752. The molecule has 0 radical (unpaired) electrons. The highest BCUT2D eigenvalue weighted by atomic mass is 16.3. The van der Waals surface area contributed by atoms with E-state index in [9.17, 15) is 5.11 Å². The maximum atomic E-state index is 12.3. The maximum absolute atomic E-state index is 12.3. The van der Waals surface area contributed by atoms with Crippen LogP contribution in [0.15, 0.2) is 73.3 Å². The fourth-order valence-electron chi connectivity index (χ4n) is 4.12. The van der Waals surface area contributed by atoms with Gasteiger partial charge in [-0.2, -0.15) is 0 Å². The molecular weight excluding hydrogens is 334 g/mol. The van der Waals surface area contributed by atoms with Gasteiger partial charge < -0.3 is 5.11 Å². The summed E-state index contributed by atoms with van der Waals surface area (Å²) in [7, 11) is 0. The number of aliphatic hydroxyl groups is 1. The van der Waals surface area contributed by atoms with Crippen LogP contribution >= 0.6 is 0 Å². The number of hydrogen-bond donors (Lipinski definition) is 1. The van der Waals surface area contributed by atoms with Gasteiger partial charge in [0.2, 0.25) is 0 Å². The van der Waals surface area contributed by atoms with E-state index in [1.807, 2.05) is 24.3 Å². The lowest BCUT2D eigenvalue weighted by molar-refractivity contribution is -0.0152. The van der Waals surface area contributed by atoms with E-state index < -0.39 is 5.60 Å². The van der Waals surface area contributed by atoms with E-state index in [0.717, 1.165) is 42.6 Å². The fraction of sp³-hybridized carbons (Fsp3) is 0.304. The van der Waals surface area contributed by atoms with E-state index in [4.69, 9.17) is 0 Å². The molecular formula is C23H25N3O. The Labute approximate surface area is 160 Å². The number of nitrogens with zero attached hydrogens (tertiary/aromatic N) is 3. The topological polar surface area (TPSA) is 49.2 Å². The van der Waals surface area contributed by atoms with Crippen molar-refractivity contribution in [3.05, 3.63) is 95.6 Å². The average Bonchev–Trinajstić information content (AvgIpc) is 3.25. The molecule has 4 nitrogen and oxygen atoms in total. The Bertz CT molecular complexity index is 820. The van der Waals surface area contributed by atoms with Crippen LogP contribution < -0.4 is 0 Å². The smallest absolute Gasteiger partial charge is 0.137 e. The molecule has 1 unspecified atom stereocenters. The third-order valence-corrected chi connectivity index (χ3v) is 5.50. The van der Waals surface area contributed by atoms with E-state index >= 15 is 0 Å². The van der Waals surface area contributed by atoms with Gasteiger partial charge in [-0.3, -0.25) is 14.9 Å². The first-order chi connectivity index (χ1) is 13.2. The van der Waals surface area contributed by atoms with E-state index in [1.165, 1.54) is 5.56 Å². The molecule has 138 valence electrons. The molecule has 4 rings (SSSR count). The first-order valence-electron chi connectivity index (χ1n) is 9.53. The molecule has 1 fully saturated rings. The number of aryl methyl sites for hydroxylation is 1. The molecule has 2 aromatic heterocycles. The van der Waals surface area contributed by atoms with E-state index in [1.54, 1.807) is 24.8 Å². The molecule has 0 aliphatic carbocycles. The molecule has 0 spiro atoms. The minimum absolute atomic E-state index is 0.200. The van der Waals surface area contributed by atoms with Crippen molar-refractivity contribution in [1.29, 1.82) is 0 Å². The van der Waals surface area contributed by atoms with Crippen LogP contribution in [0.3, 0.4) is 0 Å². The first-order valence-corrected chi connectivity index (χ1v) is 9.53. The van der Waals surface area contributed by atoms with Crippen LogP contribution in [0.2, 0.25) is 0 Å². The predicted molar refractivity (Wildman–Crippen MR) is 106 cm³/mol. The van der Waals surface area contributed by atoms with Crippen molar-refractivity contribution in [2.75, 3.05) is 13.1 Å². The SMILES string of the molecule is Cc1ccc(C(N2CCCC2)C(O)(c2cccnc2)c2cccnc2)cc1. The first kappa shape index (κ1) is 17.8. The summed E-state index contributed by atoms with van der Waals surface area (Å²) in [5, 5.41) is 12.3. The minimum atomic E-state index is -1.23. The normalized spacial score (nSPS) is 16.4. The number of aromatic nitrogens is 2. The van der Waals surface area contributed by atoms with Crippen molar-refractivity contribution < 1.29 is 5.11 Å². The highest BCUT2D eigenvalue weighted by Gasteiger charge is 2.45. The lowest BCUT2D eigenvalue weighted by Gasteiger charge is -2.42. The van der Waals surface area contributed by atoms with Crippen molar-refractivity contribution >= 4 is 0 Å². The zero-order chi connectivity index (χ0) is 18.7. The second-order valence-corrected chi connectivity index (χ2v) is 7.31. The van der Waals surface area contributed by atoms with Gasteiger partial charge in [0.25, 0.3) is 0 Å². The van der Waals surface area contributed by atoms with Crippen LogP contribution in [-0.4, -0.2) is 33.1 Å². The molecule has 0 amide bonds. The number of hydrogen-bond acceptors (Lipinski definition) is 4. The Morgan fingerprint density at radius 1 is 0.889 bits per heavy atom. The molecule has 1 atom stereocenters. The van der Waals surface area contributed by atoms with Crippen molar-refractivity contribution in [2.24, 2.45) is 0 Å². The molecule has 4 heteroatoms. The van der Waals surface area contributed by atoms with Gasteiger partial charge in [0, 0.05) is 35.9 Å². The second kappa shape index (κ2) is 7.59. The summed E-state index contributed by atoms with van der Waals surface area (Å²) in [5.74, 6) is 0. The lowest BCUT2D eigenvalue weighted by atomic mass is 9.77. The molecule has 1 aromatic carbocycles. The summed E-state index contributed by atoms with van der Waals surface area (Å²) in [6.45, 7) is 4.03. The van der Waals surface area contributed by atoms with E-state index in [-0.39, 0.29) is 6.04 Å². The highest BCUT2D eigenvalue weighted by Crippen LogP contribution is 2.45. The molecule has 1 aliphatic rings. The van der Waals surface area contributed by atoms with Gasteiger partial charge in [0.05, 0.1) is 6.04 Å². The van der Waals surface area contributed by atoms with Gasteiger partial charge >= 0.3 is 0 Å². The van der Waals surface area contributed by atoms with Crippen LogP contribution in [0.25, 0.3) is 0 Å². The molecule has 0 saturated carbocycles. The van der Waals surface area contributed by atoms with Crippen LogP contribution in [0, 0.1) is 6.92 Å². The monoisotopic (exact) mass is 359 g/mol. The van der Waals surface area contributed by atoms with Crippen LogP contribution in [0.1, 0.15) is 41.1 Å². The fourth-order valence-corrected chi connectivity index (χ4v) is 4.12. The van der Waals surface area contributed by atoms with Crippen molar-refractivity contribution in [3.63, 3.8) is 0 Å². The average molecular weight is 359 g/mol. The van der Waals surface area contributed by atoms with Crippen LogP contribution in [0.4, 0.5) is 0 Å². The largest absolute Gasteiger partial charge is 0.378 e. The van der Waals surface area contributed by atoms with E-state index in [2.05, 4.69) is 46.1 Å². The van der Waals surface area contributed by atoms with Gasteiger partial charge in [-0.05, 0) is 50.6 Å². The summed E-state index contributed by atoms with van der Waals surface area (Å²) >= 11 is 0. The zero-order valence-electron chi connectivity index (χ0n) is 15.6. The molecule has 3 heterocycles. The summed E-state index contributed by atoms with van der Waals surface area (Å²) in [6.07, 6.45) is 9.32. The van der Waals surface area contributed by atoms with Crippen LogP contribution in [-0.2, 0) is 5.60 Å². The Kier molecular flexibility index (Phi) is 5.01. The number of likely N-dealkylation sites (tertiary alicyclic amines) is 1. The molecule has 1 saturated heterocycles. The lowest BCUT2D eigenvalue weighted by Crippen LogP contribution is -2.44. The Balaban J connectivity index is 1.92. The van der Waals surface area contributed by atoms with Gasteiger partial charge in [0.15, 0.2) is 0 Å². The van der Waals surface area contributed by atoms with E-state index in [0.29, 0.717) is 0 Å². The number of pyridine rings is 2. The Morgan fingerprint density at radius 3 is 1.93 bits per heavy atom. The highest BCUT2D eigenvalue weighted by molar-refractivity contribution is 5.40. The van der Waals surface area contributed by atoms with Gasteiger partial charge in [-0.1, -0.05) is 42.0 Å². The number of benzene rings is 1. The summed E-state index contributed by atoms with van der Waals surface area (Å²) in [5.41, 5.74) is 2.66. The number of rotatable bonds is 5. The molecule has 0 bridgehead atoms. The van der Waals surface area contributed by atoms with Crippen LogP contribution in [0.5, 0.6) is 0 Å². The predicted octanol–water partition coefficient (Wildman–Crippen LogP) is 3.86. The molecule has 1 N–H and O–H groups in total. The van der Waals surface area contributed by atoms with Crippen molar-refractivity contribution in [1.82, 2.24) is 14.9 Å². The standard InChI is InChI=1S/C23H25N3O/c1-18-8-10-19(11-9-18)22(26-14-2-3-15-26)23(27,20-6-4-12-24-16-20)21-7-5-13-25-17-21/h4-13,16-17,22,27H,2-3,14-15H2,1H3. The third-order valence-electron chi connectivity index (χ3n) is 5.50. The molecule has 1 aliphatic heterocycles. The summed E-state index contributed by atoms with van der Waals surface area (Å²) < 4.78 is 0. The van der Waals surface area contributed by atoms with Crippen molar-refractivity contribution in [3.8, 4) is 0 Å². The van der Waals surface area contributed by atoms with Crippen molar-refractivity contribution in [2.45, 2.75) is 31.4 Å². The molecule has 3 aromatic rings. The third kappa shape index (κ3) is 3.38. The second-order valence-electron chi connectivity index (χ2n) is 7.31. The summed E-state index contributed by atoms with van der Waals surface area (Å²) in [6, 6.07) is 16.0. The van der Waals surface area contributed by atoms with Gasteiger partial charge in [-0.25, -0.2) is 0 Å². The van der Waals surface area contributed by atoms with Gasteiger partial charge in [-0.15, -0.1) is 0 Å². The molecule has 27 heavy (non-hydrogen) atoms. The van der Waals surface area contributed by atoms with Gasteiger partial charge in [0.1, 0.15) is 5.60 Å². The Hall–Kier alpha value is -2.56. The summed E-state index contributed by atoms with van der Waals surface area (Å²) in [4.78, 5) is 11.0. The minimum Gasteiger partial charge on any atom is -0.378 e. The zero-order valence-corrected chi connectivity index (χ0v) is 15.6. The Morgan fingerprint density at radius 2 is 1.44 bits per heavy atom. The maximum Gasteiger partial charge on any atom is 0.137 e.